The summed E-state index contributed by atoms with van der Waals surface area (Å²) in [5.41, 5.74) is -0.959. The number of hydrogen-bond acceptors (Lipinski definition) is 4. The Bertz CT molecular complexity index is 893. The Morgan fingerprint density at radius 3 is 2.44 bits per heavy atom. The summed E-state index contributed by atoms with van der Waals surface area (Å²) in [7, 11) is -4.00. The van der Waals surface area contributed by atoms with Crippen LogP contribution in [0.1, 0.15) is 38.2 Å². The summed E-state index contributed by atoms with van der Waals surface area (Å²) >= 11 is 0. The predicted octanol–water partition coefficient (Wildman–Crippen LogP) is 3.55. The highest BCUT2D eigenvalue weighted by Gasteiger charge is 2.41. The number of benzene rings is 1. The molecule has 2 aromatic rings. The SMILES string of the molecule is CCOc1cccnc1S(=O)(=O)NCC1(c2c(F)cccc2F)CCCC1. The molecule has 1 fully saturated rings. The lowest BCUT2D eigenvalue weighted by Gasteiger charge is -2.30. The molecule has 0 saturated heterocycles. The summed E-state index contributed by atoms with van der Waals surface area (Å²) in [6, 6.07) is 6.82. The zero-order valence-corrected chi connectivity index (χ0v) is 15.9. The van der Waals surface area contributed by atoms with E-state index in [4.69, 9.17) is 4.74 Å². The molecule has 1 saturated carbocycles. The molecule has 5 nitrogen and oxygen atoms in total. The highest BCUT2D eigenvalue weighted by molar-refractivity contribution is 7.89. The Morgan fingerprint density at radius 1 is 1.15 bits per heavy atom. The fourth-order valence-corrected chi connectivity index (χ4v) is 4.91. The second-order valence-corrected chi connectivity index (χ2v) is 8.33. The number of nitrogens with one attached hydrogen (secondary N) is 1. The number of aromatic nitrogens is 1. The van der Waals surface area contributed by atoms with E-state index >= 15 is 0 Å². The molecule has 146 valence electrons. The van der Waals surface area contributed by atoms with Gasteiger partial charge in [0.2, 0.25) is 5.03 Å². The van der Waals surface area contributed by atoms with Crippen molar-refractivity contribution in [3.63, 3.8) is 0 Å². The standard InChI is InChI=1S/C19H22F2N2O3S/c1-2-26-16-9-6-12-22-18(16)27(24,25)23-13-19(10-3-4-11-19)17-14(20)7-5-8-15(17)21/h5-9,12,23H,2-4,10-11,13H2,1H3. The van der Waals surface area contributed by atoms with Crippen LogP contribution in [0.25, 0.3) is 0 Å². The van der Waals surface area contributed by atoms with Gasteiger partial charge in [0.05, 0.1) is 6.61 Å². The van der Waals surface area contributed by atoms with E-state index in [9.17, 15) is 17.2 Å². The van der Waals surface area contributed by atoms with Crippen molar-refractivity contribution in [1.29, 1.82) is 0 Å². The molecule has 0 spiro atoms. The van der Waals surface area contributed by atoms with Crippen LogP contribution in [0.2, 0.25) is 0 Å². The van der Waals surface area contributed by atoms with Gasteiger partial charge in [-0.1, -0.05) is 18.9 Å². The number of halogens is 2. The molecule has 1 heterocycles. The molecule has 1 aromatic heterocycles. The first-order chi connectivity index (χ1) is 12.9. The maximum absolute atomic E-state index is 14.4. The monoisotopic (exact) mass is 396 g/mol. The fourth-order valence-electron chi connectivity index (χ4n) is 3.72. The maximum atomic E-state index is 14.4. The van der Waals surface area contributed by atoms with Crippen molar-refractivity contribution in [2.75, 3.05) is 13.2 Å². The number of ether oxygens (including phenoxy) is 1. The van der Waals surface area contributed by atoms with Gasteiger partial charge in [-0.3, -0.25) is 0 Å². The minimum absolute atomic E-state index is 0.0451. The highest BCUT2D eigenvalue weighted by Crippen LogP contribution is 2.43. The Morgan fingerprint density at radius 2 is 1.81 bits per heavy atom. The normalized spacial score (nSPS) is 16.4. The van der Waals surface area contributed by atoms with E-state index < -0.39 is 27.1 Å². The minimum atomic E-state index is -4.00. The molecule has 0 radical (unpaired) electrons. The van der Waals surface area contributed by atoms with Crippen molar-refractivity contribution in [3.05, 3.63) is 53.7 Å². The molecule has 1 aliphatic rings. The van der Waals surface area contributed by atoms with Crippen LogP contribution in [-0.4, -0.2) is 26.6 Å². The Balaban J connectivity index is 1.91. The number of hydrogen-bond donors (Lipinski definition) is 1. The topological polar surface area (TPSA) is 68.3 Å². The van der Waals surface area contributed by atoms with Gasteiger partial charge in [-0.05, 0) is 44.0 Å². The molecule has 3 rings (SSSR count). The Hall–Kier alpha value is -2.06. The molecule has 8 heteroatoms. The second-order valence-electron chi connectivity index (χ2n) is 6.65. The Labute approximate surface area is 157 Å². The molecule has 1 N–H and O–H groups in total. The largest absolute Gasteiger partial charge is 0.491 e. The summed E-state index contributed by atoms with van der Waals surface area (Å²) < 4.78 is 62.2. The van der Waals surface area contributed by atoms with Crippen LogP contribution in [0.4, 0.5) is 8.78 Å². The average molecular weight is 396 g/mol. The van der Waals surface area contributed by atoms with E-state index in [0.29, 0.717) is 19.4 Å². The van der Waals surface area contributed by atoms with E-state index in [2.05, 4.69) is 9.71 Å². The quantitative estimate of drug-likeness (QED) is 0.777. The number of pyridine rings is 1. The summed E-state index contributed by atoms with van der Waals surface area (Å²) in [6.45, 7) is 1.93. The third kappa shape index (κ3) is 3.96. The van der Waals surface area contributed by atoms with Crippen LogP contribution in [0.3, 0.4) is 0 Å². The van der Waals surface area contributed by atoms with Gasteiger partial charge in [0.25, 0.3) is 10.0 Å². The lowest BCUT2D eigenvalue weighted by molar-refractivity contribution is 0.327. The zero-order valence-electron chi connectivity index (χ0n) is 15.0. The van der Waals surface area contributed by atoms with Crippen molar-refractivity contribution in [2.45, 2.75) is 43.0 Å². The molecule has 0 atom stereocenters. The third-order valence-electron chi connectivity index (χ3n) is 4.94. The molecule has 27 heavy (non-hydrogen) atoms. The van der Waals surface area contributed by atoms with Gasteiger partial charge < -0.3 is 4.74 Å². The van der Waals surface area contributed by atoms with Crippen LogP contribution in [0.15, 0.2) is 41.6 Å². The maximum Gasteiger partial charge on any atom is 0.261 e. The van der Waals surface area contributed by atoms with Crippen LogP contribution in [-0.2, 0) is 15.4 Å². The van der Waals surface area contributed by atoms with Gasteiger partial charge in [0.15, 0.2) is 5.75 Å². The van der Waals surface area contributed by atoms with Gasteiger partial charge in [-0.25, -0.2) is 26.9 Å². The van der Waals surface area contributed by atoms with E-state index in [1.807, 2.05) is 0 Å². The van der Waals surface area contributed by atoms with Crippen molar-refractivity contribution in [3.8, 4) is 5.75 Å². The lowest BCUT2D eigenvalue weighted by Crippen LogP contribution is -2.40. The van der Waals surface area contributed by atoms with Gasteiger partial charge in [-0.15, -0.1) is 0 Å². The summed E-state index contributed by atoms with van der Waals surface area (Å²) in [5, 5.41) is -0.228. The summed E-state index contributed by atoms with van der Waals surface area (Å²) in [5.74, 6) is -1.15. The molecule has 0 unspecified atom stereocenters. The van der Waals surface area contributed by atoms with Gasteiger partial charge in [-0.2, -0.15) is 0 Å². The highest BCUT2D eigenvalue weighted by atomic mass is 32.2. The van der Waals surface area contributed by atoms with Gasteiger partial charge >= 0.3 is 0 Å². The summed E-state index contributed by atoms with van der Waals surface area (Å²) in [4.78, 5) is 3.92. The van der Waals surface area contributed by atoms with E-state index in [-0.39, 0.29) is 22.9 Å². The molecule has 0 amide bonds. The molecule has 1 aromatic carbocycles. The number of nitrogens with zero attached hydrogens (tertiary/aromatic N) is 1. The molecule has 0 bridgehead atoms. The molecular formula is C19H22F2N2O3S. The number of sulfonamides is 1. The first-order valence-corrected chi connectivity index (χ1v) is 10.4. The summed E-state index contributed by atoms with van der Waals surface area (Å²) in [6.07, 6.45) is 3.94. The first-order valence-electron chi connectivity index (χ1n) is 8.91. The second kappa shape index (κ2) is 7.90. The van der Waals surface area contributed by atoms with Crippen molar-refractivity contribution >= 4 is 10.0 Å². The minimum Gasteiger partial charge on any atom is -0.491 e. The van der Waals surface area contributed by atoms with Crippen molar-refractivity contribution in [2.24, 2.45) is 0 Å². The van der Waals surface area contributed by atoms with E-state index in [1.54, 1.807) is 13.0 Å². The van der Waals surface area contributed by atoms with Crippen molar-refractivity contribution in [1.82, 2.24) is 9.71 Å². The van der Waals surface area contributed by atoms with Crippen LogP contribution in [0, 0.1) is 11.6 Å². The molecule has 0 aliphatic heterocycles. The van der Waals surface area contributed by atoms with Gasteiger partial charge in [0, 0.05) is 23.7 Å². The smallest absolute Gasteiger partial charge is 0.261 e. The Kier molecular flexibility index (Phi) is 5.76. The molecule has 1 aliphatic carbocycles. The number of rotatable bonds is 7. The first kappa shape index (κ1) is 19.7. The van der Waals surface area contributed by atoms with Gasteiger partial charge in [0.1, 0.15) is 11.6 Å². The van der Waals surface area contributed by atoms with Crippen LogP contribution < -0.4 is 9.46 Å². The zero-order chi connectivity index (χ0) is 19.5. The van der Waals surface area contributed by atoms with E-state index in [1.165, 1.54) is 30.5 Å². The van der Waals surface area contributed by atoms with Crippen LogP contribution in [0.5, 0.6) is 5.75 Å². The lowest BCUT2D eigenvalue weighted by atomic mass is 9.78. The van der Waals surface area contributed by atoms with Crippen molar-refractivity contribution < 1.29 is 21.9 Å². The fraction of sp³-hybridized carbons (Fsp3) is 0.421. The van der Waals surface area contributed by atoms with E-state index in [0.717, 1.165) is 12.8 Å². The average Bonchev–Trinajstić information content (AvgIpc) is 3.10. The molecular weight excluding hydrogens is 374 g/mol. The predicted molar refractivity (Wildman–Crippen MR) is 97.1 cm³/mol. The third-order valence-corrected chi connectivity index (χ3v) is 6.29. The van der Waals surface area contributed by atoms with Crippen LogP contribution >= 0.6 is 0 Å².